The van der Waals surface area contributed by atoms with Crippen LogP contribution < -0.4 is 0 Å². The quantitative estimate of drug-likeness (QED) is 0.789. The molecule has 0 aliphatic carbocycles. The number of aromatic carboxylic acids is 1. The van der Waals surface area contributed by atoms with E-state index < -0.39 is 5.97 Å². The maximum absolute atomic E-state index is 10.2. The number of hydrogen-bond donors (Lipinski definition) is 1. The molecule has 1 rings (SSSR count). The van der Waals surface area contributed by atoms with E-state index in [1.54, 1.807) is 12.1 Å². The van der Waals surface area contributed by atoms with Gasteiger partial charge in [0.25, 0.3) is 0 Å². The number of carbonyl (C=O) groups is 1. The monoisotopic (exact) mass is 324 g/mol. The predicted molar refractivity (Wildman–Crippen MR) is 32.2 cm³/mol. The topological polar surface area (TPSA) is 37.3 Å². The predicted octanol–water partition coefficient (Wildman–Crippen LogP) is 1.18. The van der Waals surface area contributed by atoms with Crippen LogP contribution in [0.1, 0.15) is 10.4 Å². The number of carboxylic acids is 1. The fourth-order valence-corrected chi connectivity index (χ4v) is 0.529. The number of hydrogen-bond acceptors (Lipinski definition) is 1. The van der Waals surface area contributed by atoms with Gasteiger partial charge in [-0.15, -0.1) is 0 Å². The number of benzene rings is 1. The van der Waals surface area contributed by atoms with Gasteiger partial charge in [-0.1, -0.05) is 12.1 Å². The van der Waals surface area contributed by atoms with Gasteiger partial charge in [0, 0.05) is 60.0 Å². The van der Waals surface area contributed by atoms with E-state index in [2.05, 4.69) is 6.07 Å². The Hall–Kier alpha value is 0.716. The van der Waals surface area contributed by atoms with Gasteiger partial charge in [0.1, 0.15) is 0 Å². The van der Waals surface area contributed by atoms with Crippen molar-refractivity contribution in [2.45, 2.75) is 0 Å². The second-order valence-electron chi connectivity index (χ2n) is 1.59. The summed E-state index contributed by atoms with van der Waals surface area (Å²) >= 11 is 0. The molecule has 0 saturated heterocycles. The minimum Gasteiger partial charge on any atom is -0.478 e. The fraction of sp³-hybridized carbons (Fsp3) is 0. The molecule has 0 aliphatic heterocycles. The Morgan fingerprint density at radius 3 is 2.09 bits per heavy atom. The summed E-state index contributed by atoms with van der Waals surface area (Å²) in [6.45, 7) is 0. The summed E-state index contributed by atoms with van der Waals surface area (Å²) in [5.41, 5.74) is 0.300. The van der Waals surface area contributed by atoms with Crippen LogP contribution in [0.25, 0.3) is 0 Å². The molecular formula is C7H5CdO2Y. The van der Waals surface area contributed by atoms with Crippen molar-refractivity contribution in [3.63, 3.8) is 0 Å². The Morgan fingerprint density at radius 2 is 1.82 bits per heavy atom. The largest absolute Gasteiger partial charge is 0.478 e. The summed E-state index contributed by atoms with van der Waals surface area (Å²) < 4.78 is 0. The maximum atomic E-state index is 10.2. The molecule has 50 valence electrons. The van der Waals surface area contributed by atoms with Crippen LogP contribution in [0.5, 0.6) is 0 Å². The van der Waals surface area contributed by atoms with Gasteiger partial charge in [0.15, 0.2) is 0 Å². The SMILES string of the molecule is O=C(O)c1cc[c]cc1.[Cd].[Y]. The summed E-state index contributed by atoms with van der Waals surface area (Å²) in [6.07, 6.45) is 0. The van der Waals surface area contributed by atoms with Gasteiger partial charge in [0.05, 0.1) is 5.56 Å². The molecule has 0 atom stereocenters. The summed E-state index contributed by atoms with van der Waals surface area (Å²) in [5, 5.41) is 8.37. The van der Waals surface area contributed by atoms with Crippen molar-refractivity contribution < 1.29 is 69.9 Å². The van der Waals surface area contributed by atoms with Crippen molar-refractivity contribution >= 4 is 5.97 Å². The minimum atomic E-state index is -0.899. The van der Waals surface area contributed by atoms with Crippen LogP contribution >= 0.6 is 0 Å². The summed E-state index contributed by atoms with van der Waals surface area (Å²) in [4.78, 5) is 10.2. The Kier molecular flexibility index (Phi) is 9.55. The first-order chi connectivity index (χ1) is 4.30. The molecule has 1 aromatic rings. The Morgan fingerprint density at radius 1 is 1.36 bits per heavy atom. The average Bonchev–Trinajstić information content (AvgIpc) is 1.90. The Labute approximate surface area is 110 Å². The minimum absolute atomic E-state index is 0. The van der Waals surface area contributed by atoms with Gasteiger partial charge < -0.3 is 5.11 Å². The van der Waals surface area contributed by atoms with E-state index in [0.717, 1.165) is 0 Å². The molecule has 2 nitrogen and oxygen atoms in total. The Bertz CT molecular complexity index is 213. The van der Waals surface area contributed by atoms with Crippen molar-refractivity contribution in [3.05, 3.63) is 35.9 Å². The van der Waals surface area contributed by atoms with Gasteiger partial charge in [-0.05, 0) is 18.2 Å². The van der Waals surface area contributed by atoms with Crippen molar-refractivity contribution in [2.24, 2.45) is 0 Å². The molecule has 1 N–H and O–H groups in total. The summed E-state index contributed by atoms with van der Waals surface area (Å²) in [6, 6.07) is 8.87. The van der Waals surface area contributed by atoms with Gasteiger partial charge in [-0.3, -0.25) is 0 Å². The normalized spacial score (nSPS) is 7.27. The zero-order valence-electron chi connectivity index (χ0n) is 5.95. The molecule has 0 heterocycles. The maximum Gasteiger partial charge on any atom is 0.335 e. The van der Waals surface area contributed by atoms with Crippen LogP contribution in [0.3, 0.4) is 0 Å². The summed E-state index contributed by atoms with van der Waals surface area (Å²) in [7, 11) is 0. The van der Waals surface area contributed by atoms with Crippen molar-refractivity contribution in [1.82, 2.24) is 0 Å². The first-order valence-corrected chi connectivity index (χ1v) is 2.50. The molecular weight excluding hydrogens is 317 g/mol. The number of rotatable bonds is 1. The van der Waals surface area contributed by atoms with Crippen molar-refractivity contribution in [1.29, 1.82) is 0 Å². The molecule has 4 heteroatoms. The smallest absolute Gasteiger partial charge is 0.335 e. The van der Waals surface area contributed by atoms with Crippen molar-refractivity contribution in [3.8, 4) is 0 Å². The molecule has 0 fully saturated rings. The third kappa shape index (κ3) is 5.03. The molecule has 0 amide bonds. The first kappa shape index (κ1) is 14.3. The van der Waals surface area contributed by atoms with E-state index in [9.17, 15) is 4.79 Å². The average molecular weight is 322 g/mol. The first-order valence-electron chi connectivity index (χ1n) is 2.50. The second-order valence-corrected chi connectivity index (χ2v) is 1.59. The van der Waals surface area contributed by atoms with Crippen LogP contribution in [0.2, 0.25) is 0 Å². The third-order valence-corrected chi connectivity index (χ3v) is 0.965. The zero-order valence-corrected chi connectivity index (χ0v) is 12.8. The van der Waals surface area contributed by atoms with E-state index in [1.807, 2.05) is 0 Å². The van der Waals surface area contributed by atoms with Crippen LogP contribution in [0.15, 0.2) is 24.3 Å². The van der Waals surface area contributed by atoms with Gasteiger partial charge in [0.2, 0.25) is 0 Å². The molecule has 0 spiro atoms. The van der Waals surface area contributed by atoms with E-state index in [0.29, 0.717) is 5.56 Å². The van der Waals surface area contributed by atoms with Gasteiger partial charge in [-0.2, -0.15) is 0 Å². The summed E-state index contributed by atoms with van der Waals surface area (Å²) in [5.74, 6) is -0.899. The Balaban J connectivity index is 0. The third-order valence-electron chi connectivity index (χ3n) is 0.965. The van der Waals surface area contributed by atoms with Crippen LogP contribution in [0, 0.1) is 6.07 Å². The molecule has 0 unspecified atom stereocenters. The van der Waals surface area contributed by atoms with Crippen LogP contribution in [0.4, 0.5) is 0 Å². The molecule has 11 heavy (non-hydrogen) atoms. The zero-order chi connectivity index (χ0) is 6.69. The fourth-order valence-electron chi connectivity index (χ4n) is 0.529. The van der Waals surface area contributed by atoms with Crippen LogP contribution in [-0.4, -0.2) is 11.1 Å². The standard InChI is InChI=1S/C7H5O2.Cd.Y/c8-7(9)6-4-2-1-3-5-6;;/h2-5H,(H,8,9);;. The van der Waals surface area contributed by atoms with E-state index >= 15 is 0 Å². The molecule has 0 saturated carbocycles. The molecule has 0 aromatic heterocycles. The van der Waals surface area contributed by atoms with Gasteiger partial charge in [-0.25, -0.2) is 4.79 Å². The van der Waals surface area contributed by atoms with E-state index in [-0.39, 0.29) is 60.0 Å². The molecule has 0 bridgehead atoms. The van der Waals surface area contributed by atoms with Gasteiger partial charge >= 0.3 is 5.97 Å². The number of carboxylic acid groups (broad SMARTS) is 1. The van der Waals surface area contributed by atoms with E-state index in [1.165, 1.54) is 12.1 Å². The second kappa shape index (κ2) is 7.37. The molecule has 1 aromatic carbocycles. The van der Waals surface area contributed by atoms with E-state index in [4.69, 9.17) is 5.11 Å². The molecule has 0 aliphatic rings. The van der Waals surface area contributed by atoms with Crippen molar-refractivity contribution in [2.75, 3.05) is 0 Å². The van der Waals surface area contributed by atoms with Crippen LogP contribution in [-0.2, 0) is 60.0 Å². The molecule has 2 radical (unpaired) electrons.